The van der Waals surface area contributed by atoms with Crippen molar-refractivity contribution >= 4 is 22.7 Å². The molecule has 0 saturated heterocycles. The molecule has 0 atom stereocenters. The maximum absolute atomic E-state index is 11.8. The summed E-state index contributed by atoms with van der Waals surface area (Å²) in [6, 6.07) is 7.60. The summed E-state index contributed by atoms with van der Waals surface area (Å²) in [7, 11) is 1.93. The molecule has 114 valence electrons. The Kier molecular flexibility index (Phi) is 4.02. The van der Waals surface area contributed by atoms with Gasteiger partial charge in [0.2, 0.25) is 0 Å². The molecule has 0 bridgehead atoms. The molecule has 2 heterocycles. The van der Waals surface area contributed by atoms with Crippen LogP contribution in [0.15, 0.2) is 38.6 Å². The van der Waals surface area contributed by atoms with E-state index in [1.807, 2.05) is 30.7 Å². The maximum atomic E-state index is 11.8. The third-order valence-electron chi connectivity index (χ3n) is 3.71. The molecule has 22 heavy (non-hydrogen) atoms. The summed E-state index contributed by atoms with van der Waals surface area (Å²) in [5.41, 5.74) is 2.45. The van der Waals surface area contributed by atoms with Gasteiger partial charge in [-0.1, -0.05) is 30.8 Å². The molecule has 0 aliphatic rings. The third kappa shape index (κ3) is 2.78. The highest BCUT2D eigenvalue weighted by Gasteiger charge is 2.10. The van der Waals surface area contributed by atoms with Crippen LogP contribution in [-0.4, -0.2) is 14.8 Å². The zero-order valence-electron chi connectivity index (χ0n) is 12.8. The van der Waals surface area contributed by atoms with Crippen molar-refractivity contribution in [1.82, 2.24) is 14.8 Å². The van der Waals surface area contributed by atoms with Gasteiger partial charge in [-0.15, -0.1) is 10.2 Å². The second kappa shape index (κ2) is 5.96. The lowest BCUT2D eigenvalue weighted by molar-refractivity contribution is 0.559. The Labute approximate surface area is 132 Å². The van der Waals surface area contributed by atoms with Crippen LogP contribution in [0.1, 0.15) is 23.9 Å². The molecular weight excluding hydrogens is 298 g/mol. The van der Waals surface area contributed by atoms with Gasteiger partial charge in [-0.3, -0.25) is 0 Å². The Hall–Kier alpha value is -2.08. The Morgan fingerprint density at radius 1 is 1.27 bits per heavy atom. The van der Waals surface area contributed by atoms with E-state index in [4.69, 9.17) is 4.42 Å². The quantitative estimate of drug-likeness (QED) is 0.547. The highest BCUT2D eigenvalue weighted by atomic mass is 32.2. The van der Waals surface area contributed by atoms with Gasteiger partial charge in [0, 0.05) is 24.3 Å². The molecule has 0 fully saturated rings. The number of aryl methyl sites for hydroxylation is 2. The smallest absolute Gasteiger partial charge is 0.336 e. The van der Waals surface area contributed by atoms with Crippen LogP contribution in [0.4, 0.5) is 0 Å². The van der Waals surface area contributed by atoms with Crippen LogP contribution in [0.3, 0.4) is 0 Å². The fraction of sp³-hybridized carbons (Fsp3) is 0.312. The molecule has 0 aliphatic carbocycles. The first kappa shape index (κ1) is 14.8. The first-order valence-corrected chi connectivity index (χ1v) is 8.11. The van der Waals surface area contributed by atoms with Gasteiger partial charge >= 0.3 is 5.63 Å². The van der Waals surface area contributed by atoms with E-state index in [1.54, 1.807) is 17.8 Å². The SMILES string of the molecule is CCc1ccc2c(CSc3nnc(C)n3C)cc(=O)oc2c1. The number of hydrogen-bond donors (Lipinski definition) is 0. The van der Waals surface area contributed by atoms with Crippen LogP contribution in [-0.2, 0) is 19.2 Å². The molecule has 0 amide bonds. The Bertz CT molecular complexity index is 883. The summed E-state index contributed by atoms with van der Waals surface area (Å²) in [5.74, 6) is 1.52. The van der Waals surface area contributed by atoms with Crippen molar-refractivity contribution in [2.75, 3.05) is 0 Å². The van der Waals surface area contributed by atoms with Crippen molar-refractivity contribution in [3.63, 3.8) is 0 Å². The van der Waals surface area contributed by atoms with Crippen molar-refractivity contribution in [2.45, 2.75) is 31.2 Å². The molecule has 0 N–H and O–H groups in total. The van der Waals surface area contributed by atoms with Crippen molar-refractivity contribution in [1.29, 1.82) is 0 Å². The van der Waals surface area contributed by atoms with Gasteiger partial charge in [-0.2, -0.15) is 0 Å². The molecule has 0 aliphatic heterocycles. The van der Waals surface area contributed by atoms with Crippen molar-refractivity contribution in [2.24, 2.45) is 7.05 Å². The number of rotatable bonds is 4. The lowest BCUT2D eigenvalue weighted by atomic mass is 10.1. The fourth-order valence-corrected chi connectivity index (χ4v) is 3.22. The topological polar surface area (TPSA) is 60.9 Å². The van der Waals surface area contributed by atoms with Crippen LogP contribution in [0.25, 0.3) is 11.0 Å². The van der Waals surface area contributed by atoms with Gasteiger partial charge in [-0.05, 0) is 30.5 Å². The number of fused-ring (bicyclic) bond motifs is 1. The second-order valence-electron chi connectivity index (χ2n) is 5.15. The molecule has 0 unspecified atom stereocenters. The number of aromatic nitrogens is 3. The molecule has 0 radical (unpaired) electrons. The van der Waals surface area contributed by atoms with E-state index in [0.717, 1.165) is 33.9 Å². The van der Waals surface area contributed by atoms with E-state index < -0.39 is 0 Å². The van der Waals surface area contributed by atoms with E-state index in [-0.39, 0.29) is 5.63 Å². The highest BCUT2D eigenvalue weighted by Crippen LogP contribution is 2.26. The lowest BCUT2D eigenvalue weighted by Crippen LogP contribution is -2.01. The first-order chi connectivity index (χ1) is 10.6. The zero-order chi connectivity index (χ0) is 15.7. The summed E-state index contributed by atoms with van der Waals surface area (Å²) in [5, 5.41) is 9.99. The van der Waals surface area contributed by atoms with Crippen LogP contribution < -0.4 is 5.63 Å². The van der Waals surface area contributed by atoms with Crippen LogP contribution in [0.5, 0.6) is 0 Å². The molecule has 0 saturated carbocycles. The maximum Gasteiger partial charge on any atom is 0.336 e. The normalized spacial score (nSPS) is 11.2. The molecule has 2 aromatic heterocycles. The largest absolute Gasteiger partial charge is 0.423 e. The third-order valence-corrected chi connectivity index (χ3v) is 4.78. The minimum absolute atomic E-state index is 0.314. The van der Waals surface area contributed by atoms with Crippen molar-refractivity contribution < 1.29 is 4.42 Å². The van der Waals surface area contributed by atoms with E-state index in [1.165, 1.54) is 0 Å². The number of benzene rings is 1. The van der Waals surface area contributed by atoms with Crippen LogP contribution in [0.2, 0.25) is 0 Å². The van der Waals surface area contributed by atoms with Gasteiger partial charge in [0.25, 0.3) is 0 Å². The molecule has 1 aromatic carbocycles. The predicted molar refractivity (Wildman–Crippen MR) is 87.2 cm³/mol. The second-order valence-corrected chi connectivity index (χ2v) is 6.09. The minimum Gasteiger partial charge on any atom is -0.423 e. The predicted octanol–water partition coefficient (Wildman–Crippen LogP) is 3.08. The zero-order valence-corrected chi connectivity index (χ0v) is 13.6. The molecular formula is C16H17N3O2S. The number of hydrogen-bond acceptors (Lipinski definition) is 5. The van der Waals surface area contributed by atoms with Gasteiger partial charge in [-0.25, -0.2) is 4.79 Å². The highest BCUT2D eigenvalue weighted by molar-refractivity contribution is 7.98. The number of thioether (sulfide) groups is 1. The van der Waals surface area contributed by atoms with Gasteiger partial charge < -0.3 is 8.98 Å². The molecule has 5 nitrogen and oxygen atoms in total. The Morgan fingerprint density at radius 3 is 2.77 bits per heavy atom. The standard InChI is InChI=1S/C16H17N3O2S/c1-4-11-5-6-13-12(8-15(20)21-14(13)7-11)9-22-16-18-17-10(2)19(16)3/h5-8H,4,9H2,1-3H3. The Balaban J connectivity index is 1.96. The monoisotopic (exact) mass is 315 g/mol. The van der Waals surface area contributed by atoms with Gasteiger partial charge in [0.15, 0.2) is 5.16 Å². The molecule has 3 rings (SSSR count). The average Bonchev–Trinajstić information content (AvgIpc) is 2.83. The summed E-state index contributed by atoms with van der Waals surface area (Å²) < 4.78 is 7.26. The lowest BCUT2D eigenvalue weighted by Gasteiger charge is -2.06. The first-order valence-electron chi connectivity index (χ1n) is 7.13. The van der Waals surface area contributed by atoms with Gasteiger partial charge in [0.05, 0.1) is 0 Å². The van der Waals surface area contributed by atoms with E-state index >= 15 is 0 Å². The van der Waals surface area contributed by atoms with Crippen molar-refractivity contribution in [3.8, 4) is 0 Å². The summed E-state index contributed by atoms with van der Waals surface area (Å²) in [6.45, 7) is 3.99. The Morgan fingerprint density at radius 2 is 2.09 bits per heavy atom. The fourth-order valence-electron chi connectivity index (χ4n) is 2.27. The molecule has 0 spiro atoms. The van der Waals surface area contributed by atoms with Crippen LogP contribution in [0, 0.1) is 6.92 Å². The van der Waals surface area contributed by atoms with E-state index in [0.29, 0.717) is 11.3 Å². The summed E-state index contributed by atoms with van der Waals surface area (Å²) in [6.07, 6.45) is 0.914. The number of nitrogens with zero attached hydrogens (tertiary/aromatic N) is 3. The van der Waals surface area contributed by atoms with E-state index in [9.17, 15) is 4.79 Å². The van der Waals surface area contributed by atoms with Crippen LogP contribution >= 0.6 is 11.8 Å². The minimum atomic E-state index is -0.314. The summed E-state index contributed by atoms with van der Waals surface area (Å²) in [4.78, 5) is 11.8. The van der Waals surface area contributed by atoms with Crippen molar-refractivity contribution in [3.05, 3.63) is 51.6 Å². The average molecular weight is 315 g/mol. The molecule has 6 heteroatoms. The summed E-state index contributed by atoms with van der Waals surface area (Å²) >= 11 is 1.56. The molecule has 3 aromatic rings. The van der Waals surface area contributed by atoms with Gasteiger partial charge in [0.1, 0.15) is 11.4 Å². The van der Waals surface area contributed by atoms with E-state index in [2.05, 4.69) is 23.2 Å².